The number of pyridine rings is 1. The molecular weight excluding hydrogens is 456 g/mol. The van der Waals surface area contributed by atoms with Crippen LogP contribution < -0.4 is 16.0 Å². The van der Waals surface area contributed by atoms with Gasteiger partial charge in [-0.3, -0.25) is 9.89 Å². The summed E-state index contributed by atoms with van der Waals surface area (Å²) < 4.78 is 5.83. The average Bonchev–Trinajstić information content (AvgIpc) is 3.38. The van der Waals surface area contributed by atoms with Gasteiger partial charge in [0, 0.05) is 35.0 Å². The van der Waals surface area contributed by atoms with E-state index in [4.69, 9.17) is 10.5 Å². The first kappa shape index (κ1) is 21.4. The van der Waals surface area contributed by atoms with Crippen molar-refractivity contribution in [3.8, 4) is 28.3 Å². The number of hydrogen-bond donors (Lipinski definition) is 3. The Hall–Kier alpha value is -5.12. The monoisotopic (exact) mass is 476 g/mol. The number of H-pyrrole nitrogens is 2. The Kier molecular flexibility index (Phi) is 5.11. The summed E-state index contributed by atoms with van der Waals surface area (Å²) in [6.07, 6.45) is 6.43. The smallest absolute Gasteiger partial charge is 0.260 e. The Labute approximate surface area is 204 Å². The minimum Gasteiger partial charge on any atom is -0.469 e. The molecule has 0 aliphatic heterocycles. The molecule has 0 radical (unpaired) electrons. The number of hydrogen-bond acceptors (Lipinski definition) is 8. The third-order valence-corrected chi connectivity index (χ3v) is 6.03. The fraction of sp³-hybridized carbons (Fsp3) is 0.0769. The Morgan fingerprint density at radius 3 is 2.75 bits per heavy atom. The van der Waals surface area contributed by atoms with E-state index in [0.717, 1.165) is 22.0 Å². The first-order chi connectivity index (χ1) is 17.6. The van der Waals surface area contributed by atoms with Gasteiger partial charge >= 0.3 is 0 Å². The lowest BCUT2D eigenvalue weighted by Crippen LogP contribution is -2.11. The normalized spacial score (nSPS) is 11.2. The summed E-state index contributed by atoms with van der Waals surface area (Å²) in [4.78, 5) is 33.1. The summed E-state index contributed by atoms with van der Waals surface area (Å²) in [6.45, 7) is 2.17. The van der Waals surface area contributed by atoms with Crippen molar-refractivity contribution in [1.82, 2.24) is 35.1 Å². The van der Waals surface area contributed by atoms with Crippen LogP contribution in [-0.4, -0.2) is 35.1 Å². The van der Waals surface area contributed by atoms with Gasteiger partial charge in [0.05, 0.1) is 40.3 Å². The molecular formula is C26H20N8O2. The lowest BCUT2D eigenvalue weighted by molar-refractivity contribution is 0.284. The first-order valence-corrected chi connectivity index (χ1v) is 11.2. The van der Waals surface area contributed by atoms with Gasteiger partial charge in [0.2, 0.25) is 5.88 Å². The molecule has 4 aromatic heterocycles. The second kappa shape index (κ2) is 8.58. The zero-order valence-electron chi connectivity index (χ0n) is 19.2. The van der Waals surface area contributed by atoms with Gasteiger partial charge in [0.15, 0.2) is 5.82 Å². The average molecular weight is 477 g/mol. The molecule has 10 nitrogen and oxygen atoms in total. The van der Waals surface area contributed by atoms with Crippen molar-refractivity contribution in [3.63, 3.8) is 0 Å². The number of aromatic nitrogens is 7. The summed E-state index contributed by atoms with van der Waals surface area (Å²) >= 11 is 0. The number of aromatic amines is 2. The van der Waals surface area contributed by atoms with Crippen LogP contribution in [0.3, 0.4) is 0 Å². The molecule has 10 heteroatoms. The Morgan fingerprint density at radius 2 is 1.89 bits per heavy atom. The highest BCUT2D eigenvalue weighted by Crippen LogP contribution is 2.40. The van der Waals surface area contributed by atoms with Crippen molar-refractivity contribution >= 4 is 27.5 Å². The fourth-order valence-electron chi connectivity index (χ4n) is 4.35. The van der Waals surface area contributed by atoms with Crippen LogP contribution in [0.4, 0.5) is 5.69 Å². The van der Waals surface area contributed by atoms with Gasteiger partial charge in [-0.05, 0) is 42.3 Å². The summed E-state index contributed by atoms with van der Waals surface area (Å²) in [5.74, 6) is 0.936. The maximum Gasteiger partial charge on any atom is 0.260 e. The first-order valence-electron chi connectivity index (χ1n) is 11.2. The SMILES string of the molecule is Cc1ccc2[nH]ncc2c1-c1cc(-c2cccc(OCc3ncccn3)n2)c2nc[nH]c(=O)c2c1N. The van der Waals surface area contributed by atoms with Crippen molar-refractivity contribution in [2.24, 2.45) is 0 Å². The van der Waals surface area contributed by atoms with Crippen LogP contribution >= 0.6 is 0 Å². The van der Waals surface area contributed by atoms with Crippen molar-refractivity contribution in [3.05, 3.63) is 89.1 Å². The van der Waals surface area contributed by atoms with Gasteiger partial charge in [-0.15, -0.1) is 0 Å². The standard InChI is InChI=1S/C26H20N8O2/c1-14-6-7-19-17(11-32-34-19)22(14)16-10-15(25-23(24(16)27)26(35)31-13-30-25)18-4-2-5-21(33-18)36-12-20-28-8-3-9-29-20/h2-11,13H,12,27H2,1H3,(H,32,34)(H,30,31,35). The Balaban J connectivity index is 1.55. The maximum absolute atomic E-state index is 12.9. The second-order valence-electron chi connectivity index (χ2n) is 8.24. The molecule has 2 aromatic carbocycles. The van der Waals surface area contributed by atoms with Crippen LogP contribution in [0.1, 0.15) is 11.4 Å². The van der Waals surface area contributed by atoms with Crippen molar-refractivity contribution < 1.29 is 4.74 Å². The number of ether oxygens (including phenoxy) is 1. The Morgan fingerprint density at radius 1 is 1.03 bits per heavy atom. The van der Waals surface area contributed by atoms with E-state index < -0.39 is 0 Å². The molecule has 6 rings (SSSR count). The zero-order chi connectivity index (χ0) is 24.6. The predicted molar refractivity (Wildman–Crippen MR) is 136 cm³/mol. The van der Waals surface area contributed by atoms with Gasteiger partial charge in [0.25, 0.3) is 5.56 Å². The highest BCUT2D eigenvalue weighted by Gasteiger charge is 2.20. The van der Waals surface area contributed by atoms with E-state index in [1.807, 2.05) is 37.3 Å². The van der Waals surface area contributed by atoms with E-state index in [2.05, 4.69) is 35.1 Å². The summed E-state index contributed by atoms with van der Waals surface area (Å²) in [5, 5.41) is 8.39. The molecule has 0 unspecified atom stereocenters. The van der Waals surface area contributed by atoms with E-state index >= 15 is 0 Å². The summed E-state index contributed by atoms with van der Waals surface area (Å²) in [6, 6.07) is 13.0. The molecule has 4 heterocycles. The van der Waals surface area contributed by atoms with Crippen LogP contribution in [0, 0.1) is 6.92 Å². The largest absolute Gasteiger partial charge is 0.469 e. The minimum atomic E-state index is -0.328. The summed E-state index contributed by atoms with van der Waals surface area (Å²) in [5.41, 5.74) is 11.8. The topological polar surface area (TPSA) is 148 Å². The number of aryl methyl sites for hydroxylation is 1. The van der Waals surface area contributed by atoms with Crippen LogP contribution in [0.2, 0.25) is 0 Å². The molecule has 4 N–H and O–H groups in total. The van der Waals surface area contributed by atoms with Crippen LogP contribution in [0.5, 0.6) is 5.88 Å². The van der Waals surface area contributed by atoms with E-state index in [-0.39, 0.29) is 12.2 Å². The molecule has 0 fully saturated rings. The van der Waals surface area contributed by atoms with Crippen LogP contribution in [0.25, 0.3) is 44.2 Å². The van der Waals surface area contributed by atoms with Crippen molar-refractivity contribution in [1.29, 1.82) is 0 Å². The number of nitrogens with two attached hydrogens (primary N) is 1. The van der Waals surface area contributed by atoms with E-state index in [0.29, 0.717) is 45.1 Å². The zero-order valence-corrected chi connectivity index (χ0v) is 19.2. The van der Waals surface area contributed by atoms with Crippen molar-refractivity contribution in [2.75, 3.05) is 5.73 Å². The highest BCUT2D eigenvalue weighted by molar-refractivity contribution is 6.09. The number of rotatable bonds is 5. The third kappa shape index (κ3) is 3.61. The number of nitrogen functional groups attached to an aromatic ring is 1. The number of nitrogens with zero attached hydrogens (tertiary/aromatic N) is 5. The molecule has 0 spiro atoms. The molecule has 6 aromatic rings. The predicted octanol–water partition coefficient (Wildman–Crippen LogP) is 3.79. The molecule has 0 atom stereocenters. The Bertz CT molecular complexity index is 1790. The van der Waals surface area contributed by atoms with E-state index in [9.17, 15) is 4.79 Å². The number of nitrogens with one attached hydrogen (secondary N) is 2. The lowest BCUT2D eigenvalue weighted by atomic mass is 9.91. The number of anilines is 1. The van der Waals surface area contributed by atoms with Gasteiger partial charge < -0.3 is 15.5 Å². The molecule has 0 saturated carbocycles. The molecule has 0 aliphatic rings. The molecule has 176 valence electrons. The lowest BCUT2D eigenvalue weighted by Gasteiger charge is -2.16. The molecule has 36 heavy (non-hydrogen) atoms. The van der Waals surface area contributed by atoms with E-state index in [1.54, 1.807) is 30.7 Å². The molecule has 0 bridgehead atoms. The molecule has 0 aliphatic carbocycles. The fourth-order valence-corrected chi connectivity index (χ4v) is 4.35. The van der Waals surface area contributed by atoms with Crippen molar-refractivity contribution in [2.45, 2.75) is 13.5 Å². The quantitative estimate of drug-likeness (QED) is 0.318. The van der Waals surface area contributed by atoms with Crippen LogP contribution in [0.15, 0.2) is 72.2 Å². The van der Waals surface area contributed by atoms with E-state index in [1.165, 1.54) is 6.33 Å². The number of fused-ring (bicyclic) bond motifs is 2. The maximum atomic E-state index is 12.9. The van der Waals surface area contributed by atoms with Gasteiger partial charge in [-0.1, -0.05) is 12.1 Å². The van der Waals surface area contributed by atoms with Gasteiger partial charge in [0.1, 0.15) is 6.61 Å². The molecule has 0 amide bonds. The molecule has 0 saturated heterocycles. The van der Waals surface area contributed by atoms with Gasteiger partial charge in [-0.2, -0.15) is 5.10 Å². The third-order valence-electron chi connectivity index (χ3n) is 6.03. The summed E-state index contributed by atoms with van der Waals surface area (Å²) in [7, 11) is 0. The minimum absolute atomic E-state index is 0.171. The highest BCUT2D eigenvalue weighted by atomic mass is 16.5. The van der Waals surface area contributed by atoms with Crippen LogP contribution in [-0.2, 0) is 6.61 Å². The number of benzene rings is 2. The van der Waals surface area contributed by atoms with Gasteiger partial charge in [-0.25, -0.2) is 19.9 Å². The second-order valence-corrected chi connectivity index (χ2v) is 8.24.